The van der Waals surface area contributed by atoms with Gasteiger partial charge in [-0.1, -0.05) is 30.3 Å². The van der Waals surface area contributed by atoms with Gasteiger partial charge in [0.1, 0.15) is 5.69 Å². The summed E-state index contributed by atoms with van der Waals surface area (Å²) in [6.07, 6.45) is 1.87. The molecule has 20 heavy (non-hydrogen) atoms. The van der Waals surface area contributed by atoms with Gasteiger partial charge in [0.2, 0.25) is 0 Å². The lowest BCUT2D eigenvalue weighted by Gasteiger charge is -2.17. The number of carbonyl (C=O) groups is 1. The fourth-order valence-electron chi connectivity index (χ4n) is 2.08. The molecule has 1 aromatic heterocycles. The Morgan fingerprint density at radius 1 is 1.40 bits per heavy atom. The van der Waals surface area contributed by atoms with Crippen LogP contribution in [0.1, 0.15) is 29.0 Å². The first-order valence-corrected chi connectivity index (χ1v) is 7.27. The van der Waals surface area contributed by atoms with Crippen LogP contribution >= 0.6 is 15.9 Å². The van der Waals surface area contributed by atoms with Gasteiger partial charge in [-0.05, 0) is 34.5 Å². The van der Waals surface area contributed by atoms with E-state index in [0.29, 0.717) is 12.2 Å². The Labute approximate surface area is 126 Å². The number of nitrogens with zero attached hydrogens (tertiary/aromatic N) is 1. The van der Waals surface area contributed by atoms with Gasteiger partial charge >= 0.3 is 0 Å². The molecule has 2 N–H and O–H groups in total. The van der Waals surface area contributed by atoms with E-state index in [1.54, 1.807) is 6.07 Å². The molecule has 0 unspecified atom stereocenters. The largest absolute Gasteiger partial charge is 0.394 e. The van der Waals surface area contributed by atoms with Crippen molar-refractivity contribution in [3.05, 3.63) is 58.3 Å². The van der Waals surface area contributed by atoms with Crippen molar-refractivity contribution in [2.45, 2.75) is 19.5 Å². The highest BCUT2D eigenvalue weighted by molar-refractivity contribution is 9.10. The Morgan fingerprint density at radius 2 is 2.10 bits per heavy atom. The predicted molar refractivity (Wildman–Crippen MR) is 81.5 cm³/mol. The quantitative estimate of drug-likeness (QED) is 0.882. The number of rotatable bonds is 5. The minimum absolute atomic E-state index is 0.135. The van der Waals surface area contributed by atoms with Crippen LogP contribution in [0, 0.1) is 0 Å². The molecule has 1 amide bonds. The van der Waals surface area contributed by atoms with Crippen molar-refractivity contribution in [2.75, 3.05) is 6.61 Å². The first kappa shape index (κ1) is 14.8. The summed E-state index contributed by atoms with van der Waals surface area (Å²) in [5, 5.41) is 12.3. The summed E-state index contributed by atoms with van der Waals surface area (Å²) < 4.78 is 2.73. The number of benzene rings is 1. The molecular weight excluding hydrogens is 320 g/mol. The van der Waals surface area contributed by atoms with E-state index >= 15 is 0 Å². The van der Waals surface area contributed by atoms with Crippen LogP contribution in [0.5, 0.6) is 0 Å². The Hall–Kier alpha value is -1.59. The number of halogens is 1. The van der Waals surface area contributed by atoms with E-state index in [-0.39, 0.29) is 12.5 Å². The Morgan fingerprint density at radius 3 is 2.70 bits per heavy atom. The lowest BCUT2D eigenvalue weighted by Crippen LogP contribution is -2.32. The summed E-state index contributed by atoms with van der Waals surface area (Å²) in [6, 6.07) is 10.8. The molecular formula is C15H17BrN2O2. The average molecular weight is 337 g/mol. The van der Waals surface area contributed by atoms with Crippen molar-refractivity contribution in [3.63, 3.8) is 0 Å². The highest BCUT2D eigenvalue weighted by Crippen LogP contribution is 2.17. The van der Waals surface area contributed by atoms with Crippen molar-refractivity contribution in [3.8, 4) is 0 Å². The van der Waals surface area contributed by atoms with Crippen molar-refractivity contribution in [2.24, 2.45) is 0 Å². The molecule has 0 radical (unpaired) electrons. The minimum Gasteiger partial charge on any atom is -0.394 e. The molecule has 0 aliphatic rings. The van der Waals surface area contributed by atoms with Gasteiger partial charge in [-0.3, -0.25) is 4.79 Å². The van der Waals surface area contributed by atoms with Gasteiger partial charge in [-0.2, -0.15) is 0 Å². The van der Waals surface area contributed by atoms with E-state index in [2.05, 4.69) is 21.2 Å². The molecule has 0 bridgehead atoms. The minimum atomic E-state index is -0.400. The van der Waals surface area contributed by atoms with Gasteiger partial charge in [0.05, 0.1) is 12.6 Å². The first-order valence-electron chi connectivity index (χ1n) is 6.48. The van der Waals surface area contributed by atoms with E-state index in [4.69, 9.17) is 0 Å². The van der Waals surface area contributed by atoms with E-state index < -0.39 is 6.04 Å². The maximum absolute atomic E-state index is 12.3. The SMILES string of the molecule is CCn1cc(Br)cc1C(=O)N[C@@H](CO)c1ccccc1. The number of aromatic nitrogens is 1. The molecule has 0 saturated heterocycles. The predicted octanol–water partition coefficient (Wildman–Crippen LogP) is 2.73. The summed E-state index contributed by atoms with van der Waals surface area (Å²) in [6.45, 7) is 2.55. The maximum Gasteiger partial charge on any atom is 0.268 e. The molecule has 0 spiro atoms. The number of aliphatic hydroxyl groups is 1. The van der Waals surface area contributed by atoms with Crippen molar-refractivity contribution in [1.29, 1.82) is 0 Å². The number of hydrogen-bond acceptors (Lipinski definition) is 2. The van der Waals surface area contributed by atoms with Gasteiger partial charge in [0.25, 0.3) is 5.91 Å². The van der Waals surface area contributed by atoms with Gasteiger partial charge in [0.15, 0.2) is 0 Å². The van der Waals surface area contributed by atoms with Gasteiger partial charge in [-0.25, -0.2) is 0 Å². The zero-order chi connectivity index (χ0) is 14.5. The van der Waals surface area contributed by atoms with E-state index in [1.807, 2.05) is 48.0 Å². The number of hydrogen-bond donors (Lipinski definition) is 2. The van der Waals surface area contributed by atoms with Crippen LogP contribution in [0.2, 0.25) is 0 Å². The number of amides is 1. The third-order valence-corrected chi connectivity index (χ3v) is 3.56. The topological polar surface area (TPSA) is 54.3 Å². The monoisotopic (exact) mass is 336 g/mol. The number of nitrogens with one attached hydrogen (secondary N) is 1. The summed E-state index contributed by atoms with van der Waals surface area (Å²) >= 11 is 3.37. The van der Waals surface area contributed by atoms with Crippen molar-refractivity contribution >= 4 is 21.8 Å². The third-order valence-electron chi connectivity index (χ3n) is 3.13. The van der Waals surface area contributed by atoms with E-state index in [0.717, 1.165) is 10.0 Å². The third kappa shape index (κ3) is 3.29. The number of carbonyl (C=O) groups excluding carboxylic acids is 1. The molecule has 106 valence electrons. The molecule has 1 aromatic carbocycles. The molecule has 1 heterocycles. The normalized spacial score (nSPS) is 12.2. The second kappa shape index (κ2) is 6.72. The zero-order valence-electron chi connectivity index (χ0n) is 11.2. The smallest absolute Gasteiger partial charge is 0.268 e. The Bertz CT molecular complexity index is 581. The van der Waals surface area contributed by atoms with Crippen LogP contribution in [0.4, 0.5) is 0 Å². The fraction of sp³-hybridized carbons (Fsp3) is 0.267. The van der Waals surface area contributed by atoms with E-state index in [9.17, 15) is 9.90 Å². The highest BCUT2D eigenvalue weighted by Gasteiger charge is 2.17. The highest BCUT2D eigenvalue weighted by atomic mass is 79.9. The first-order chi connectivity index (χ1) is 9.65. The molecule has 1 atom stereocenters. The molecule has 0 saturated carbocycles. The maximum atomic E-state index is 12.3. The average Bonchev–Trinajstić information content (AvgIpc) is 2.86. The van der Waals surface area contributed by atoms with Crippen LogP contribution in [0.3, 0.4) is 0 Å². The summed E-state index contributed by atoms with van der Waals surface area (Å²) in [5.41, 5.74) is 1.46. The van der Waals surface area contributed by atoms with Crippen molar-refractivity contribution in [1.82, 2.24) is 9.88 Å². The lowest BCUT2D eigenvalue weighted by molar-refractivity contribution is 0.0907. The second-order valence-electron chi connectivity index (χ2n) is 4.45. The summed E-state index contributed by atoms with van der Waals surface area (Å²) in [4.78, 5) is 12.3. The molecule has 0 aliphatic carbocycles. The fourth-order valence-corrected chi connectivity index (χ4v) is 2.54. The van der Waals surface area contributed by atoms with E-state index in [1.165, 1.54) is 0 Å². The summed E-state index contributed by atoms with van der Waals surface area (Å²) in [5.74, 6) is -0.194. The van der Waals surface area contributed by atoms with Gasteiger partial charge < -0.3 is 15.0 Å². The molecule has 2 aromatic rings. The number of aryl methyl sites for hydroxylation is 1. The lowest BCUT2D eigenvalue weighted by atomic mass is 10.1. The molecule has 0 fully saturated rings. The van der Waals surface area contributed by atoms with Gasteiger partial charge in [0, 0.05) is 17.2 Å². The van der Waals surface area contributed by atoms with Crippen LogP contribution in [-0.2, 0) is 6.54 Å². The molecule has 5 heteroatoms. The second-order valence-corrected chi connectivity index (χ2v) is 5.36. The van der Waals surface area contributed by atoms with Crippen LogP contribution in [0.25, 0.3) is 0 Å². The summed E-state index contributed by atoms with van der Waals surface area (Å²) in [7, 11) is 0. The van der Waals surface area contributed by atoms with Crippen LogP contribution in [0.15, 0.2) is 47.1 Å². The van der Waals surface area contributed by atoms with Crippen LogP contribution < -0.4 is 5.32 Å². The Balaban J connectivity index is 2.17. The standard InChI is InChI=1S/C15H17BrN2O2/c1-2-18-9-12(16)8-14(18)15(20)17-13(10-19)11-6-4-3-5-7-11/h3-9,13,19H,2,10H2,1H3,(H,17,20)/t13-/m0/s1. The van der Waals surface area contributed by atoms with Crippen molar-refractivity contribution < 1.29 is 9.90 Å². The molecule has 0 aliphatic heterocycles. The van der Waals surface area contributed by atoms with Crippen LogP contribution in [-0.4, -0.2) is 22.2 Å². The molecule has 4 nitrogen and oxygen atoms in total. The Kier molecular flexibility index (Phi) is 4.98. The molecule has 2 rings (SSSR count). The van der Waals surface area contributed by atoms with Gasteiger partial charge in [-0.15, -0.1) is 0 Å². The number of aliphatic hydroxyl groups excluding tert-OH is 1. The zero-order valence-corrected chi connectivity index (χ0v) is 12.8.